The molecule has 0 aliphatic heterocycles. The zero-order valence-electron chi connectivity index (χ0n) is 15.1. The van der Waals surface area contributed by atoms with Crippen molar-refractivity contribution in [3.63, 3.8) is 0 Å². The molecular formula is C21H20N2O4. The largest absolute Gasteiger partial charge is 0.497 e. The summed E-state index contributed by atoms with van der Waals surface area (Å²) < 4.78 is 10.3. The first kappa shape index (κ1) is 18.3. The normalized spacial score (nSPS) is 10.3. The van der Waals surface area contributed by atoms with Gasteiger partial charge >= 0.3 is 0 Å². The van der Waals surface area contributed by atoms with Crippen LogP contribution < -0.4 is 20.3 Å². The van der Waals surface area contributed by atoms with Crippen molar-refractivity contribution >= 4 is 22.6 Å². The summed E-state index contributed by atoms with van der Waals surface area (Å²) in [6, 6.07) is 18.6. The molecule has 138 valence electrons. The standard InChI is InChI=1S/C21H20N2O4/c1-26-18-11-17(12-19(13-18)27-2)21(25)23-22-20(24)10-14-7-8-15-5-3-4-6-16(15)9-14/h3-9,11-13H,10H2,1-2H3,(H,22,24)(H,23,25). The molecule has 0 aromatic heterocycles. The van der Waals surface area contributed by atoms with Crippen LogP contribution in [0.15, 0.2) is 60.7 Å². The van der Waals surface area contributed by atoms with E-state index in [-0.39, 0.29) is 12.3 Å². The lowest BCUT2D eigenvalue weighted by molar-refractivity contribution is -0.121. The first-order chi connectivity index (χ1) is 13.1. The van der Waals surface area contributed by atoms with Gasteiger partial charge in [0.05, 0.1) is 20.6 Å². The van der Waals surface area contributed by atoms with Crippen molar-refractivity contribution in [1.29, 1.82) is 0 Å². The van der Waals surface area contributed by atoms with Gasteiger partial charge in [-0.05, 0) is 28.5 Å². The number of ether oxygens (including phenoxy) is 2. The van der Waals surface area contributed by atoms with Gasteiger partial charge in [0.1, 0.15) is 11.5 Å². The highest BCUT2D eigenvalue weighted by Crippen LogP contribution is 2.22. The lowest BCUT2D eigenvalue weighted by Crippen LogP contribution is -2.42. The van der Waals surface area contributed by atoms with Crippen molar-refractivity contribution < 1.29 is 19.1 Å². The van der Waals surface area contributed by atoms with Gasteiger partial charge in [-0.15, -0.1) is 0 Å². The molecule has 0 radical (unpaired) electrons. The van der Waals surface area contributed by atoms with E-state index in [1.807, 2.05) is 42.5 Å². The van der Waals surface area contributed by atoms with E-state index in [2.05, 4.69) is 10.9 Å². The van der Waals surface area contributed by atoms with E-state index >= 15 is 0 Å². The number of benzene rings is 3. The maximum absolute atomic E-state index is 12.3. The Balaban J connectivity index is 1.62. The molecule has 6 heteroatoms. The van der Waals surface area contributed by atoms with Gasteiger partial charge in [0, 0.05) is 11.6 Å². The summed E-state index contributed by atoms with van der Waals surface area (Å²) in [6.07, 6.45) is 0.159. The molecule has 0 atom stereocenters. The van der Waals surface area contributed by atoms with Gasteiger partial charge in [-0.2, -0.15) is 0 Å². The second-order valence-electron chi connectivity index (χ2n) is 5.96. The quantitative estimate of drug-likeness (QED) is 0.683. The lowest BCUT2D eigenvalue weighted by atomic mass is 10.1. The number of hydrogen-bond acceptors (Lipinski definition) is 4. The number of fused-ring (bicyclic) bond motifs is 1. The summed E-state index contributed by atoms with van der Waals surface area (Å²) >= 11 is 0. The molecule has 27 heavy (non-hydrogen) atoms. The Hall–Kier alpha value is -3.54. The maximum Gasteiger partial charge on any atom is 0.269 e. The Labute approximate surface area is 157 Å². The molecule has 0 heterocycles. The number of hydrazine groups is 1. The van der Waals surface area contributed by atoms with Gasteiger partial charge in [-0.1, -0.05) is 42.5 Å². The number of amides is 2. The van der Waals surface area contributed by atoms with Crippen LogP contribution in [0.3, 0.4) is 0 Å². The highest BCUT2D eigenvalue weighted by molar-refractivity contribution is 5.96. The van der Waals surface area contributed by atoms with E-state index in [0.717, 1.165) is 16.3 Å². The van der Waals surface area contributed by atoms with Crippen molar-refractivity contribution in [3.8, 4) is 11.5 Å². The number of hydrogen-bond donors (Lipinski definition) is 2. The molecule has 0 saturated carbocycles. The number of rotatable bonds is 5. The van der Waals surface area contributed by atoms with Gasteiger partial charge in [-0.25, -0.2) is 0 Å². The van der Waals surface area contributed by atoms with Crippen LogP contribution in [-0.4, -0.2) is 26.0 Å². The molecule has 0 aliphatic rings. The summed E-state index contributed by atoms with van der Waals surface area (Å²) in [4.78, 5) is 24.4. The molecule has 3 aromatic carbocycles. The van der Waals surface area contributed by atoms with Crippen molar-refractivity contribution in [2.75, 3.05) is 14.2 Å². The molecule has 6 nitrogen and oxygen atoms in total. The maximum atomic E-state index is 12.3. The Kier molecular flexibility index (Phi) is 5.56. The lowest BCUT2D eigenvalue weighted by Gasteiger charge is -2.10. The van der Waals surface area contributed by atoms with Crippen LogP contribution >= 0.6 is 0 Å². The Morgan fingerprint density at radius 3 is 2.15 bits per heavy atom. The fourth-order valence-corrected chi connectivity index (χ4v) is 2.72. The first-order valence-corrected chi connectivity index (χ1v) is 8.39. The van der Waals surface area contributed by atoms with Crippen LogP contribution in [0.5, 0.6) is 11.5 Å². The first-order valence-electron chi connectivity index (χ1n) is 8.39. The van der Waals surface area contributed by atoms with Crippen LogP contribution in [0.4, 0.5) is 0 Å². The summed E-state index contributed by atoms with van der Waals surface area (Å²) in [6.45, 7) is 0. The van der Waals surface area contributed by atoms with Crippen LogP contribution in [0.25, 0.3) is 10.8 Å². The molecule has 3 rings (SSSR count). The smallest absolute Gasteiger partial charge is 0.269 e. The van der Waals surface area contributed by atoms with Gasteiger partial charge in [-0.3, -0.25) is 20.4 Å². The zero-order valence-corrected chi connectivity index (χ0v) is 15.1. The Morgan fingerprint density at radius 1 is 0.815 bits per heavy atom. The summed E-state index contributed by atoms with van der Waals surface area (Å²) in [7, 11) is 3.00. The summed E-state index contributed by atoms with van der Waals surface area (Å²) in [5, 5.41) is 2.18. The molecule has 0 unspecified atom stereocenters. The Bertz CT molecular complexity index is 963. The number of nitrogens with one attached hydrogen (secondary N) is 2. The predicted molar refractivity (Wildman–Crippen MR) is 103 cm³/mol. The molecule has 0 bridgehead atoms. The minimum Gasteiger partial charge on any atom is -0.497 e. The van der Waals surface area contributed by atoms with Crippen molar-refractivity contribution in [3.05, 3.63) is 71.8 Å². The molecule has 2 N–H and O–H groups in total. The number of carbonyl (C=O) groups is 2. The highest BCUT2D eigenvalue weighted by Gasteiger charge is 2.11. The SMILES string of the molecule is COc1cc(OC)cc(C(=O)NNC(=O)Cc2ccc3ccccc3c2)c1. The third-order valence-electron chi connectivity index (χ3n) is 4.11. The van der Waals surface area contributed by atoms with Gasteiger partial charge < -0.3 is 9.47 Å². The summed E-state index contributed by atoms with van der Waals surface area (Å²) in [5.41, 5.74) is 6.02. The molecule has 3 aromatic rings. The highest BCUT2D eigenvalue weighted by atomic mass is 16.5. The average Bonchev–Trinajstić information content (AvgIpc) is 2.71. The molecule has 0 saturated heterocycles. The zero-order chi connectivity index (χ0) is 19.2. The molecule has 0 aliphatic carbocycles. The van der Waals surface area contributed by atoms with E-state index in [1.165, 1.54) is 14.2 Å². The van der Waals surface area contributed by atoms with Crippen LogP contribution in [0.1, 0.15) is 15.9 Å². The number of carbonyl (C=O) groups excluding carboxylic acids is 2. The number of methoxy groups -OCH3 is 2. The third kappa shape index (κ3) is 4.55. The van der Waals surface area contributed by atoms with E-state index in [1.54, 1.807) is 18.2 Å². The van der Waals surface area contributed by atoms with E-state index in [0.29, 0.717) is 17.1 Å². The van der Waals surface area contributed by atoms with Crippen LogP contribution in [0, 0.1) is 0 Å². The summed E-state index contributed by atoms with van der Waals surface area (Å²) in [5.74, 6) is 0.205. The van der Waals surface area contributed by atoms with Gasteiger partial charge in [0.15, 0.2) is 0 Å². The molecular weight excluding hydrogens is 344 g/mol. The fourth-order valence-electron chi connectivity index (χ4n) is 2.72. The average molecular weight is 364 g/mol. The monoisotopic (exact) mass is 364 g/mol. The minimum atomic E-state index is -0.459. The minimum absolute atomic E-state index is 0.159. The second kappa shape index (κ2) is 8.23. The molecule has 2 amide bonds. The third-order valence-corrected chi connectivity index (χ3v) is 4.11. The van der Waals surface area contributed by atoms with Crippen molar-refractivity contribution in [2.45, 2.75) is 6.42 Å². The molecule has 0 spiro atoms. The van der Waals surface area contributed by atoms with Crippen molar-refractivity contribution in [1.82, 2.24) is 10.9 Å². The second-order valence-corrected chi connectivity index (χ2v) is 5.96. The van der Waals surface area contributed by atoms with E-state index < -0.39 is 5.91 Å². The topological polar surface area (TPSA) is 76.7 Å². The van der Waals surface area contributed by atoms with Gasteiger partial charge in [0.2, 0.25) is 5.91 Å². The van der Waals surface area contributed by atoms with Gasteiger partial charge in [0.25, 0.3) is 5.91 Å². The van der Waals surface area contributed by atoms with E-state index in [4.69, 9.17) is 9.47 Å². The van der Waals surface area contributed by atoms with Crippen LogP contribution in [0.2, 0.25) is 0 Å². The van der Waals surface area contributed by atoms with Crippen molar-refractivity contribution in [2.24, 2.45) is 0 Å². The predicted octanol–water partition coefficient (Wildman–Crippen LogP) is 2.86. The van der Waals surface area contributed by atoms with E-state index in [9.17, 15) is 9.59 Å². The Morgan fingerprint density at radius 2 is 1.48 bits per heavy atom. The molecule has 0 fully saturated rings. The van der Waals surface area contributed by atoms with Crippen LogP contribution in [-0.2, 0) is 11.2 Å². The fraction of sp³-hybridized carbons (Fsp3) is 0.143.